The molecule has 0 radical (unpaired) electrons. The van der Waals surface area contributed by atoms with E-state index in [1.165, 1.54) is 38.0 Å². The van der Waals surface area contributed by atoms with Crippen LogP contribution in [0.4, 0.5) is 5.69 Å². The zero-order valence-electron chi connectivity index (χ0n) is 16.4. The number of carbonyl (C=O) groups excluding carboxylic acids is 2. The highest BCUT2D eigenvalue weighted by Crippen LogP contribution is 2.36. The van der Waals surface area contributed by atoms with Crippen LogP contribution in [0.3, 0.4) is 0 Å². The Bertz CT molecular complexity index is 718. The van der Waals surface area contributed by atoms with Crippen molar-refractivity contribution >= 4 is 29.3 Å². The van der Waals surface area contributed by atoms with Crippen molar-refractivity contribution in [2.75, 3.05) is 31.5 Å². The van der Waals surface area contributed by atoms with Gasteiger partial charge in [0.2, 0.25) is 5.91 Å². The third kappa shape index (κ3) is 5.66. The molecule has 2 rings (SSSR count). The third-order valence-corrected chi connectivity index (χ3v) is 5.07. The molecule has 0 spiro atoms. The molecule has 2 amide bonds. The fourth-order valence-electron chi connectivity index (χ4n) is 3.13. The average Bonchev–Trinajstić information content (AvgIpc) is 2.68. The largest absolute Gasteiger partial charge is 0.493 e. The smallest absolute Gasteiger partial charge is 0.251 e. The number of amides is 2. The van der Waals surface area contributed by atoms with E-state index in [9.17, 15) is 9.59 Å². The summed E-state index contributed by atoms with van der Waals surface area (Å²) in [6, 6.07) is 3.22. The number of hydrogen-bond donors (Lipinski definition) is 2. The van der Waals surface area contributed by atoms with Crippen LogP contribution < -0.4 is 20.1 Å². The van der Waals surface area contributed by atoms with Crippen molar-refractivity contribution in [3.63, 3.8) is 0 Å². The van der Waals surface area contributed by atoms with Crippen LogP contribution >= 0.6 is 11.8 Å². The summed E-state index contributed by atoms with van der Waals surface area (Å²) in [7, 11) is 3.00. The number of carbonyl (C=O) groups is 2. The minimum Gasteiger partial charge on any atom is -0.493 e. The highest BCUT2D eigenvalue weighted by molar-refractivity contribution is 7.99. The van der Waals surface area contributed by atoms with Crippen LogP contribution in [0.15, 0.2) is 23.8 Å². The molecule has 0 saturated carbocycles. The Hall–Kier alpha value is -2.15. The monoisotopic (exact) mass is 392 g/mol. The highest BCUT2D eigenvalue weighted by Gasteiger charge is 2.20. The van der Waals surface area contributed by atoms with Crippen molar-refractivity contribution in [3.8, 4) is 11.5 Å². The van der Waals surface area contributed by atoms with E-state index in [1.807, 2.05) is 13.2 Å². The number of hydrogen-bond acceptors (Lipinski definition) is 5. The van der Waals surface area contributed by atoms with Crippen LogP contribution in [0.25, 0.3) is 0 Å². The molecule has 0 heterocycles. The van der Waals surface area contributed by atoms with Crippen molar-refractivity contribution in [1.29, 1.82) is 0 Å². The minimum atomic E-state index is -0.213. The van der Waals surface area contributed by atoms with Crippen molar-refractivity contribution in [3.05, 3.63) is 29.3 Å². The lowest BCUT2D eigenvalue weighted by atomic mass is 9.94. The molecule has 0 aliphatic heterocycles. The molecule has 148 valence electrons. The summed E-state index contributed by atoms with van der Waals surface area (Å²) < 4.78 is 10.7. The van der Waals surface area contributed by atoms with E-state index in [2.05, 4.69) is 16.7 Å². The van der Waals surface area contributed by atoms with Gasteiger partial charge in [0, 0.05) is 11.6 Å². The summed E-state index contributed by atoms with van der Waals surface area (Å²) in [5, 5.41) is 5.83. The van der Waals surface area contributed by atoms with Crippen molar-refractivity contribution < 1.29 is 19.1 Å². The molecule has 7 heteroatoms. The second-order valence-corrected chi connectivity index (χ2v) is 7.33. The predicted octanol–water partition coefficient (Wildman–Crippen LogP) is 3.62. The first-order valence-corrected chi connectivity index (χ1v) is 10.4. The predicted molar refractivity (Wildman–Crippen MR) is 110 cm³/mol. The molecule has 1 aromatic rings. The van der Waals surface area contributed by atoms with Crippen LogP contribution in [0.5, 0.6) is 11.5 Å². The molecular formula is C20H28N2O4S. The van der Waals surface area contributed by atoms with Gasteiger partial charge in [0.25, 0.3) is 5.91 Å². The van der Waals surface area contributed by atoms with Crippen molar-refractivity contribution in [2.24, 2.45) is 0 Å². The summed E-state index contributed by atoms with van der Waals surface area (Å²) in [6.07, 6.45) is 8.52. The molecule has 1 aliphatic carbocycles. The highest BCUT2D eigenvalue weighted by atomic mass is 32.2. The van der Waals surface area contributed by atoms with Gasteiger partial charge in [0.05, 0.1) is 25.7 Å². The van der Waals surface area contributed by atoms with Gasteiger partial charge in [-0.2, -0.15) is 11.8 Å². The normalized spacial score (nSPS) is 14.7. The number of allylic oxidation sites excluding steroid dienone is 1. The Balaban J connectivity index is 2.25. The Morgan fingerprint density at radius 2 is 2.00 bits per heavy atom. The Kier molecular flexibility index (Phi) is 8.03. The Morgan fingerprint density at radius 3 is 2.59 bits per heavy atom. The van der Waals surface area contributed by atoms with Gasteiger partial charge in [-0.1, -0.05) is 11.6 Å². The van der Waals surface area contributed by atoms with E-state index in [0.29, 0.717) is 28.5 Å². The summed E-state index contributed by atoms with van der Waals surface area (Å²) in [4.78, 5) is 24.8. The lowest BCUT2D eigenvalue weighted by Gasteiger charge is -2.21. The number of methoxy groups -OCH3 is 2. The first-order valence-electron chi connectivity index (χ1n) is 9.04. The Labute approximate surface area is 165 Å². The van der Waals surface area contributed by atoms with Crippen LogP contribution in [-0.4, -0.2) is 44.1 Å². The summed E-state index contributed by atoms with van der Waals surface area (Å²) in [5.41, 5.74) is 2.10. The molecule has 0 saturated heterocycles. The SMILES string of the molecule is COc1cc(C(=O)NC(C)C2=CCCCC2)cc(NC(=O)CSC)c1OC. The maximum Gasteiger partial charge on any atom is 0.251 e. The molecule has 0 aromatic heterocycles. The minimum absolute atomic E-state index is 0.0274. The van der Waals surface area contributed by atoms with Gasteiger partial charge in [-0.15, -0.1) is 0 Å². The standard InChI is InChI=1S/C20H28N2O4S/c1-13(14-8-6-5-7-9-14)21-20(24)15-10-16(22-18(23)12-27-4)19(26-3)17(11-15)25-2/h8,10-11,13H,5-7,9,12H2,1-4H3,(H,21,24)(H,22,23). The lowest BCUT2D eigenvalue weighted by Crippen LogP contribution is -2.34. The second kappa shape index (κ2) is 10.3. The fourth-order valence-corrected chi connectivity index (χ4v) is 3.47. The van der Waals surface area contributed by atoms with E-state index in [1.54, 1.807) is 12.1 Å². The first-order chi connectivity index (χ1) is 13.0. The molecule has 0 fully saturated rings. The average molecular weight is 393 g/mol. The van der Waals surface area contributed by atoms with E-state index in [0.717, 1.165) is 19.3 Å². The third-order valence-electron chi connectivity index (χ3n) is 4.52. The van der Waals surface area contributed by atoms with Crippen LogP contribution in [0.1, 0.15) is 43.0 Å². The molecule has 1 atom stereocenters. The lowest BCUT2D eigenvalue weighted by molar-refractivity contribution is -0.113. The van der Waals surface area contributed by atoms with E-state index in [-0.39, 0.29) is 17.9 Å². The molecule has 1 aromatic carbocycles. The first kappa shape index (κ1) is 21.2. The number of rotatable bonds is 8. The summed E-state index contributed by atoms with van der Waals surface area (Å²) >= 11 is 1.42. The topological polar surface area (TPSA) is 76.7 Å². The number of ether oxygens (including phenoxy) is 2. The molecule has 27 heavy (non-hydrogen) atoms. The number of benzene rings is 1. The van der Waals surface area contributed by atoms with E-state index in [4.69, 9.17) is 9.47 Å². The zero-order chi connectivity index (χ0) is 19.8. The number of thioether (sulfide) groups is 1. The maximum absolute atomic E-state index is 12.8. The molecule has 2 N–H and O–H groups in total. The van der Waals surface area contributed by atoms with Crippen molar-refractivity contribution in [2.45, 2.75) is 38.6 Å². The Morgan fingerprint density at radius 1 is 1.22 bits per heavy atom. The van der Waals surface area contributed by atoms with Crippen LogP contribution in [0.2, 0.25) is 0 Å². The summed E-state index contributed by atoms with van der Waals surface area (Å²) in [5.74, 6) is 0.727. The van der Waals surface area contributed by atoms with Gasteiger partial charge >= 0.3 is 0 Å². The molecule has 6 nitrogen and oxygen atoms in total. The molecule has 1 aliphatic rings. The van der Waals surface area contributed by atoms with Gasteiger partial charge in [-0.3, -0.25) is 9.59 Å². The van der Waals surface area contributed by atoms with E-state index < -0.39 is 0 Å². The molecule has 0 bridgehead atoms. The fraction of sp³-hybridized carbons (Fsp3) is 0.500. The summed E-state index contributed by atoms with van der Waals surface area (Å²) in [6.45, 7) is 2.00. The van der Waals surface area contributed by atoms with Crippen molar-refractivity contribution in [1.82, 2.24) is 5.32 Å². The maximum atomic E-state index is 12.8. The number of anilines is 1. The van der Waals surface area contributed by atoms with Gasteiger partial charge < -0.3 is 20.1 Å². The zero-order valence-corrected chi connectivity index (χ0v) is 17.2. The number of nitrogens with one attached hydrogen (secondary N) is 2. The van der Waals surface area contributed by atoms with Crippen LogP contribution in [0, 0.1) is 0 Å². The van der Waals surface area contributed by atoms with Gasteiger partial charge in [-0.05, 0) is 51.0 Å². The quantitative estimate of drug-likeness (QED) is 0.661. The van der Waals surface area contributed by atoms with Crippen LogP contribution in [-0.2, 0) is 4.79 Å². The van der Waals surface area contributed by atoms with E-state index >= 15 is 0 Å². The van der Waals surface area contributed by atoms with Gasteiger partial charge in [0.15, 0.2) is 11.5 Å². The van der Waals surface area contributed by atoms with Gasteiger partial charge in [0.1, 0.15) is 0 Å². The molecular weight excluding hydrogens is 364 g/mol. The second-order valence-electron chi connectivity index (χ2n) is 6.46. The van der Waals surface area contributed by atoms with Gasteiger partial charge in [-0.25, -0.2) is 0 Å². The molecule has 1 unspecified atom stereocenters.